The first-order chi connectivity index (χ1) is 6.27. The van der Waals surface area contributed by atoms with Gasteiger partial charge in [-0.15, -0.1) is 0 Å². The summed E-state index contributed by atoms with van der Waals surface area (Å²) in [5, 5.41) is 0. The average Bonchev–Trinajstić information content (AvgIpc) is 2.14. The van der Waals surface area contributed by atoms with Crippen LogP contribution in [0.1, 0.15) is 12.0 Å². The predicted octanol–water partition coefficient (Wildman–Crippen LogP) is 1.00. The van der Waals surface area contributed by atoms with Crippen molar-refractivity contribution in [3.05, 3.63) is 29.8 Å². The highest BCUT2D eigenvalue weighted by atomic mass is 16.2. The molecule has 1 saturated heterocycles. The summed E-state index contributed by atoms with van der Waals surface area (Å²) in [5.41, 5.74) is 7.56. The molecule has 3 heteroatoms. The van der Waals surface area contributed by atoms with E-state index < -0.39 is 0 Å². The van der Waals surface area contributed by atoms with Gasteiger partial charge in [0, 0.05) is 25.2 Å². The SMILES string of the molecule is Nc1ccccc1CN1CCC1=O. The van der Waals surface area contributed by atoms with Crippen LogP contribution < -0.4 is 5.73 Å². The second kappa shape index (κ2) is 3.09. The van der Waals surface area contributed by atoms with E-state index in [1.54, 1.807) is 0 Å². The summed E-state index contributed by atoms with van der Waals surface area (Å²) >= 11 is 0. The van der Waals surface area contributed by atoms with Gasteiger partial charge in [-0.1, -0.05) is 18.2 Å². The van der Waals surface area contributed by atoms with Gasteiger partial charge in [0.15, 0.2) is 0 Å². The van der Waals surface area contributed by atoms with Gasteiger partial charge in [-0.05, 0) is 11.6 Å². The van der Waals surface area contributed by atoms with Crippen LogP contribution >= 0.6 is 0 Å². The van der Waals surface area contributed by atoms with Crippen molar-refractivity contribution in [2.75, 3.05) is 12.3 Å². The molecule has 1 amide bonds. The van der Waals surface area contributed by atoms with E-state index in [4.69, 9.17) is 5.73 Å². The van der Waals surface area contributed by atoms with Gasteiger partial charge in [0.05, 0.1) is 0 Å². The van der Waals surface area contributed by atoms with E-state index in [1.165, 1.54) is 0 Å². The summed E-state index contributed by atoms with van der Waals surface area (Å²) in [6.45, 7) is 1.53. The van der Waals surface area contributed by atoms with Crippen LogP contribution in [0.2, 0.25) is 0 Å². The number of nitrogen functional groups attached to an aromatic ring is 1. The molecule has 0 aromatic heterocycles. The number of carbonyl (C=O) groups is 1. The van der Waals surface area contributed by atoms with Crippen LogP contribution in [0.25, 0.3) is 0 Å². The Morgan fingerprint density at radius 2 is 2.15 bits per heavy atom. The number of hydrogen-bond donors (Lipinski definition) is 1. The molecule has 2 N–H and O–H groups in total. The molecular weight excluding hydrogens is 164 g/mol. The van der Waals surface area contributed by atoms with Gasteiger partial charge in [-0.2, -0.15) is 0 Å². The van der Waals surface area contributed by atoms with E-state index in [1.807, 2.05) is 29.2 Å². The molecule has 0 bridgehead atoms. The first-order valence-electron chi connectivity index (χ1n) is 4.38. The summed E-state index contributed by atoms with van der Waals surface area (Å²) in [6, 6.07) is 7.66. The Morgan fingerprint density at radius 3 is 2.69 bits per heavy atom. The number of benzene rings is 1. The van der Waals surface area contributed by atoms with Crippen LogP contribution in [-0.4, -0.2) is 17.4 Å². The fourth-order valence-corrected chi connectivity index (χ4v) is 1.41. The molecule has 13 heavy (non-hydrogen) atoms. The number of rotatable bonds is 2. The molecule has 0 spiro atoms. The van der Waals surface area contributed by atoms with E-state index in [2.05, 4.69) is 0 Å². The van der Waals surface area contributed by atoms with Gasteiger partial charge in [-0.25, -0.2) is 0 Å². The zero-order chi connectivity index (χ0) is 9.26. The molecule has 1 heterocycles. The quantitative estimate of drug-likeness (QED) is 0.539. The van der Waals surface area contributed by atoms with E-state index >= 15 is 0 Å². The van der Waals surface area contributed by atoms with Crippen molar-refractivity contribution in [1.82, 2.24) is 4.90 Å². The fraction of sp³-hybridized carbons (Fsp3) is 0.300. The third kappa shape index (κ3) is 1.49. The molecule has 1 aromatic rings. The molecule has 0 unspecified atom stereocenters. The molecule has 1 fully saturated rings. The van der Waals surface area contributed by atoms with E-state index in [0.29, 0.717) is 13.0 Å². The highest BCUT2D eigenvalue weighted by molar-refractivity contribution is 5.81. The van der Waals surface area contributed by atoms with Gasteiger partial charge >= 0.3 is 0 Å². The maximum absolute atomic E-state index is 11.0. The summed E-state index contributed by atoms with van der Waals surface area (Å²) < 4.78 is 0. The summed E-state index contributed by atoms with van der Waals surface area (Å²) in [5.74, 6) is 0.225. The minimum atomic E-state index is 0.225. The Morgan fingerprint density at radius 1 is 1.38 bits per heavy atom. The molecule has 1 aliphatic rings. The molecule has 68 valence electrons. The van der Waals surface area contributed by atoms with Crippen LogP contribution in [0.4, 0.5) is 5.69 Å². The summed E-state index contributed by atoms with van der Waals surface area (Å²) in [4.78, 5) is 12.8. The van der Waals surface area contributed by atoms with Crippen molar-refractivity contribution < 1.29 is 4.79 Å². The summed E-state index contributed by atoms with van der Waals surface area (Å²) in [7, 11) is 0. The maximum Gasteiger partial charge on any atom is 0.224 e. The minimum absolute atomic E-state index is 0.225. The number of hydrogen-bond acceptors (Lipinski definition) is 2. The molecule has 3 nitrogen and oxygen atoms in total. The first-order valence-corrected chi connectivity index (χ1v) is 4.38. The zero-order valence-electron chi connectivity index (χ0n) is 7.36. The first kappa shape index (κ1) is 8.10. The highest BCUT2D eigenvalue weighted by Gasteiger charge is 2.23. The third-order valence-corrected chi connectivity index (χ3v) is 2.36. The van der Waals surface area contributed by atoms with Crippen molar-refractivity contribution >= 4 is 11.6 Å². The van der Waals surface area contributed by atoms with Gasteiger partial charge in [0.1, 0.15) is 0 Å². The van der Waals surface area contributed by atoms with Crippen molar-refractivity contribution in [2.24, 2.45) is 0 Å². The Balaban J connectivity index is 2.09. The number of likely N-dealkylation sites (tertiary alicyclic amines) is 1. The minimum Gasteiger partial charge on any atom is -0.398 e. The van der Waals surface area contributed by atoms with Crippen LogP contribution in [0.15, 0.2) is 24.3 Å². The van der Waals surface area contributed by atoms with Gasteiger partial charge in [0.25, 0.3) is 0 Å². The van der Waals surface area contributed by atoms with E-state index in [9.17, 15) is 4.79 Å². The van der Waals surface area contributed by atoms with Crippen LogP contribution in [0.3, 0.4) is 0 Å². The monoisotopic (exact) mass is 176 g/mol. The van der Waals surface area contributed by atoms with Crippen LogP contribution in [0, 0.1) is 0 Å². The van der Waals surface area contributed by atoms with Gasteiger partial charge in [0.2, 0.25) is 5.91 Å². The Hall–Kier alpha value is -1.51. The molecular formula is C10H12N2O. The molecule has 0 aliphatic carbocycles. The third-order valence-electron chi connectivity index (χ3n) is 2.36. The molecule has 1 aromatic carbocycles. The fourth-order valence-electron chi connectivity index (χ4n) is 1.41. The van der Waals surface area contributed by atoms with E-state index in [-0.39, 0.29) is 5.91 Å². The lowest BCUT2D eigenvalue weighted by Gasteiger charge is -2.30. The largest absolute Gasteiger partial charge is 0.398 e. The Kier molecular flexibility index (Phi) is 1.93. The average molecular weight is 176 g/mol. The summed E-state index contributed by atoms with van der Waals surface area (Å²) in [6.07, 6.45) is 0.687. The Bertz CT molecular complexity index is 335. The molecule has 2 rings (SSSR count). The van der Waals surface area contributed by atoms with Crippen molar-refractivity contribution in [3.63, 3.8) is 0 Å². The topological polar surface area (TPSA) is 46.3 Å². The smallest absolute Gasteiger partial charge is 0.224 e. The number of nitrogens with two attached hydrogens (primary N) is 1. The van der Waals surface area contributed by atoms with Crippen molar-refractivity contribution in [2.45, 2.75) is 13.0 Å². The van der Waals surface area contributed by atoms with Crippen molar-refractivity contribution in [1.29, 1.82) is 0 Å². The van der Waals surface area contributed by atoms with Gasteiger partial charge in [-0.3, -0.25) is 4.79 Å². The number of amides is 1. The standard InChI is InChI=1S/C10H12N2O/c11-9-4-2-1-3-8(9)7-12-6-5-10(12)13/h1-4H,5-7,11H2. The lowest BCUT2D eigenvalue weighted by molar-refractivity contribution is -0.140. The zero-order valence-corrected chi connectivity index (χ0v) is 7.36. The molecule has 0 saturated carbocycles. The second-order valence-electron chi connectivity index (χ2n) is 3.26. The predicted molar refractivity (Wildman–Crippen MR) is 50.9 cm³/mol. The Labute approximate surface area is 77.1 Å². The number of nitrogens with zero attached hydrogens (tertiary/aromatic N) is 1. The molecule has 0 radical (unpaired) electrons. The van der Waals surface area contributed by atoms with E-state index in [0.717, 1.165) is 17.8 Å². The number of anilines is 1. The van der Waals surface area contributed by atoms with Crippen LogP contribution in [0.5, 0.6) is 0 Å². The maximum atomic E-state index is 11.0. The van der Waals surface area contributed by atoms with Gasteiger partial charge < -0.3 is 10.6 Å². The lowest BCUT2D eigenvalue weighted by atomic mass is 10.1. The molecule has 1 aliphatic heterocycles. The lowest BCUT2D eigenvalue weighted by Crippen LogP contribution is -2.42. The number of para-hydroxylation sites is 1. The second-order valence-corrected chi connectivity index (χ2v) is 3.26. The normalized spacial score (nSPS) is 15.7. The number of β-lactam (4-membered cyclic amide) rings is 1. The number of carbonyl (C=O) groups excluding carboxylic acids is 1. The van der Waals surface area contributed by atoms with Crippen molar-refractivity contribution in [3.8, 4) is 0 Å². The molecule has 0 atom stereocenters. The van der Waals surface area contributed by atoms with Crippen LogP contribution in [-0.2, 0) is 11.3 Å². The highest BCUT2D eigenvalue weighted by Crippen LogP contribution is 2.17.